The highest BCUT2D eigenvalue weighted by molar-refractivity contribution is 5.79. The normalized spacial score (nSPS) is 17.7. The predicted octanol–water partition coefficient (Wildman–Crippen LogP) is 2.87. The van der Waals surface area contributed by atoms with Crippen LogP contribution in [0.2, 0.25) is 0 Å². The molecule has 0 unspecified atom stereocenters. The average Bonchev–Trinajstić information content (AvgIpc) is 2.69. The molecule has 0 atom stereocenters. The molecule has 0 spiro atoms. The Kier molecular flexibility index (Phi) is 5.17. The van der Waals surface area contributed by atoms with Crippen molar-refractivity contribution in [2.75, 3.05) is 44.7 Å². The van der Waals surface area contributed by atoms with Crippen LogP contribution < -0.4 is 4.90 Å². The third-order valence-electron chi connectivity index (χ3n) is 5.92. The van der Waals surface area contributed by atoms with Crippen LogP contribution >= 0.6 is 0 Å². The molecule has 0 bridgehead atoms. The zero-order chi connectivity index (χ0) is 18.8. The van der Waals surface area contributed by atoms with Gasteiger partial charge in [0.05, 0.1) is 6.42 Å². The van der Waals surface area contributed by atoms with Crippen LogP contribution in [0.4, 0.5) is 5.69 Å². The second-order valence-electron chi connectivity index (χ2n) is 7.93. The Morgan fingerprint density at radius 2 is 1.70 bits per heavy atom. The number of carbonyl (C=O) groups is 1. The van der Waals surface area contributed by atoms with Gasteiger partial charge in [-0.05, 0) is 43.1 Å². The quantitative estimate of drug-likeness (QED) is 0.839. The summed E-state index contributed by atoms with van der Waals surface area (Å²) in [7, 11) is 2.18. The van der Waals surface area contributed by atoms with Crippen molar-refractivity contribution in [3.63, 3.8) is 0 Å². The van der Waals surface area contributed by atoms with E-state index in [2.05, 4.69) is 66.2 Å². The maximum absolute atomic E-state index is 12.9. The summed E-state index contributed by atoms with van der Waals surface area (Å²) in [6.07, 6.45) is 1.45. The lowest BCUT2D eigenvalue weighted by atomic mass is 9.96. The number of nitrogens with zero attached hydrogens (tertiary/aromatic N) is 3. The second-order valence-corrected chi connectivity index (χ2v) is 7.93. The maximum atomic E-state index is 12.9. The molecule has 2 aliphatic rings. The third-order valence-corrected chi connectivity index (χ3v) is 5.92. The van der Waals surface area contributed by atoms with Gasteiger partial charge in [-0.1, -0.05) is 42.0 Å². The first kappa shape index (κ1) is 18.1. The van der Waals surface area contributed by atoms with Crippen LogP contribution in [0.5, 0.6) is 0 Å². The Morgan fingerprint density at radius 1 is 0.963 bits per heavy atom. The Labute approximate surface area is 162 Å². The smallest absolute Gasteiger partial charge is 0.227 e. The molecule has 4 nitrogen and oxygen atoms in total. The van der Waals surface area contributed by atoms with Gasteiger partial charge in [-0.3, -0.25) is 4.79 Å². The van der Waals surface area contributed by atoms with Crippen molar-refractivity contribution in [1.82, 2.24) is 9.80 Å². The summed E-state index contributed by atoms with van der Waals surface area (Å²) in [6, 6.07) is 15.0. The van der Waals surface area contributed by atoms with E-state index in [9.17, 15) is 4.79 Å². The van der Waals surface area contributed by atoms with Crippen LogP contribution in [0.1, 0.15) is 22.3 Å². The molecule has 1 saturated heterocycles. The van der Waals surface area contributed by atoms with Crippen LogP contribution in [0.25, 0.3) is 0 Å². The minimum absolute atomic E-state index is 0.234. The zero-order valence-electron chi connectivity index (χ0n) is 16.4. The number of likely N-dealkylation sites (N-methyl/N-ethyl adjacent to an activating group) is 1. The largest absolute Gasteiger partial charge is 0.369 e. The van der Waals surface area contributed by atoms with E-state index in [0.717, 1.165) is 51.3 Å². The van der Waals surface area contributed by atoms with Gasteiger partial charge in [0, 0.05) is 45.0 Å². The Morgan fingerprint density at radius 3 is 2.44 bits per heavy atom. The first-order valence-corrected chi connectivity index (χ1v) is 9.98. The van der Waals surface area contributed by atoms with Crippen molar-refractivity contribution >= 4 is 11.6 Å². The molecule has 2 aromatic rings. The van der Waals surface area contributed by atoms with Crippen LogP contribution in [0.3, 0.4) is 0 Å². The van der Waals surface area contributed by atoms with Gasteiger partial charge in [0.1, 0.15) is 0 Å². The lowest BCUT2D eigenvalue weighted by Gasteiger charge is -2.38. The summed E-state index contributed by atoms with van der Waals surface area (Å²) in [6.45, 7) is 7.95. The lowest BCUT2D eigenvalue weighted by molar-refractivity contribution is -0.131. The van der Waals surface area contributed by atoms with Crippen LogP contribution in [-0.2, 0) is 24.2 Å². The van der Waals surface area contributed by atoms with Crippen molar-refractivity contribution < 1.29 is 4.79 Å². The number of hydrogen-bond donors (Lipinski definition) is 0. The van der Waals surface area contributed by atoms with E-state index in [-0.39, 0.29) is 5.91 Å². The molecular weight excluding hydrogens is 334 g/mol. The molecule has 2 heterocycles. The fourth-order valence-corrected chi connectivity index (χ4v) is 4.11. The molecule has 1 fully saturated rings. The van der Waals surface area contributed by atoms with Crippen molar-refractivity contribution in [2.45, 2.75) is 26.3 Å². The molecule has 142 valence electrons. The van der Waals surface area contributed by atoms with Crippen molar-refractivity contribution in [3.05, 3.63) is 64.7 Å². The van der Waals surface area contributed by atoms with Gasteiger partial charge in [0.25, 0.3) is 0 Å². The zero-order valence-corrected chi connectivity index (χ0v) is 16.4. The SMILES string of the molecule is Cc1ccc(CC(=O)N2CCc3cccc(N4CCN(C)CC4)c3C2)cc1. The van der Waals surface area contributed by atoms with E-state index >= 15 is 0 Å². The molecule has 0 saturated carbocycles. The van der Waals surface area contributed by atoms with Crippen LogP contribution in [0, 0.1) is 6.92 Å². The minimum atomic E-state index is 0.234. The molecule has 0 aliphatic carbocycles. The number of benzene rings is 2. The maximum Gasteiger partial charge on any atom is 0.227 e. The molecule has 2 aromatic carbocycles. The monoisotopic (exact) mass is 363 g/mol. The fourth-order valence-electron chi connectivity index (χ4n) is 4.11. The molecule has 0 N–H and O–H groups in total. The van der Waals surface area contributed by atoms with Crippen molar-refractivity contribution in [1.29, 1.82) is 0 Å². The summed E-state index contributed by atoms with van der Waals surface area (Å²) < 4.78 is 0. The average molecular weight is 364 g/mol. The Bertz CT molecular complexity index is 807. The van der Waals surface area contributed by atoms with E-state index in [1.54, 1.807) is 0 Å². The van der Waals surface area contributed by atoms with Gasteiger partial charge >= 0.3 is 0 Å². The Balaban J connectivity index is 1.50. The molecule has 4 rings (SSSR count). The molecule has 0 aromatic heterocycles. The first-order chi connectivity index (χ1) is 13.1. The number of piperazine rings is 1. The topological polar surface area (TPSA) is 26.8 Å². The highest BCUT2D eigenvalue weighted by atomic mass is 16.2. The summed E-state index contributed by atoms with van der Waals surface area (Å²) in [5.74, 6) is 0.234. The minimum Gasteiger partial charge on any atom is -0.369 e. The van der Waals surface area contributed by atoms with Gasteiger partial charge in [-0.15, -0.1) is 0 Å². The summed E-state index contributed by atoms with van der Waals surface area (Å²) in [4.78, 5) is 19.8. The predicted molar refractivity (Wildman–Crippen MR) is 110 cm³/mol. The van der Waals surface area contributed by atoms with E-state index in [4.69, 9.17) is 0 Å². The second kappa shape index (κ2) is 7.73. The van der Waals surface area contributed by atoms with Gasteiger partial charge in [-0.25, -0.2) is 0 Å². The lowest BCUT2D eigenvalue weighted by Crippen LogP contribution is -2.45. The Hall–Kier alpha value is -2.33. The van der Waals surface area contributed by atoms with E-state index in [1.807, 2.05) is 4.90 Å². The molecule has 4 heteroatoms. The van der Waals surface area contributed by atoms with Gasteiger partial charge < -0.3 is 14.7 Å². The third kappa shape index (κ3) is 4.01. The molecule has 1 amide bonds. The number of amides is 1. The number of aryl methyl sites for hydroxylation is 1. The van der Waals surface area contributed by atoms with Crippen molar-refractivity contribution in [3.8, 4) is 0 Å². The number of fused-ring (bicyclic) bond motifs is 1. The summed E-state index contributed by atoms with van der Waals surface area (Å²) in [5, 5.41) is 0. The van der Waals surface area contributed by atoms with E-state index in [1.165, 1.54) is 22.4 Å². The van der Waals surface area contributed by atoms with Gasteiger partial charge in [0.2, 0.25) is 5.91 Å². The van der Waals surface area contributed by atoms with Crippen LogP contribution in [0.15, 0.2) is 42.5 Å². The van der Waals surface area contributed by atoms with E-state index in [0.29, 0.717) is 6.42 Å². The number of anilines is 1. The summed E-state index contributed by atoms with van der Waals surface area (Å²) >= 11 is 0. The first-order valence-electron chi connectivity index (χ1n) is 9.98. The molecular formula is C23H29N3O. The highest BCUT2D eigenvalue weighted by Crippen LogP contribution is 2.30. The molecule has 27 heavy (non-hydrogen) atoms. The van der Waals surface area contributed by atoms with Crippen molar-refractivity contribution in [2.24, 2.45) is 0 Å². The number of rotatable bonds is 3. The van der Waals surface area contributed by atoms with Gasteiger partial charge in [-0.2, -0.15) is 0 Å². The van der Waals surface area contributed by atoms with Gasteiger partial charge in [0.15, 0.2) is 0 Å². The molecule has 0 radical (unpaired) electrons. The standard InChI is InChI=1S/C23H29N3O/c1-18-6-8-19(9-7-18)16-23(27)26-11-10-20-4-3-5-22(21(20)17-26)25-14-12-24(2)13-15-25/h3-9H,10-17H2,1-2H3. The number of hydrogen-bond acceptors (Lipinski definition) is 3. The van der Waals surface area contributed by atoms with E-state index < -0.39 is 0 Å². The van der Waals surface area contributed by atoms with Crippen LogP contribution in [-0.4, -0.2) is 55.5 Å². The summed E-state index contributed by atoms with van der Waals surface area (Å²) in [5.41, 5.74) is 6.42. The fraction of sp³-hybridized carbons (Fsp3) is 0.435. The molecule has 2 aliphatic heterocycles. The number of carbonyl (C=O) groups excluding carboxylic acids is 1. The highest BCUT2D eigenvalue weighted by Gasteiger charge is 2.25.